The van der Waals surface area contributed by atoms with Gasteiger partial charge < -0.3 is 20.1 Å². The lowest BCUT2D eigenvalue weighted by atomic mass is 9.98. The first-order valence-electron chi connectivity index (χ1n) is 7.93. The highest BCUT2D eigenvalue weighted by Gasteiger charge is 2.34. The molecule has 8 heteroatoms. The summed E-state index contributed by atoms with van der Waals surface area (Å²) in [6.07, 6.45) is -3.85. The Hall–Kier alpha value is -2.12. The third-order valence-corrected chi connectivity index (χ3v) is 4.25. The maximum absolute atomic E-state index is 14.7. The van der Waals surface area contributed by atoms with Crippen molar-refractivity contribution in [2.24, 2.45) is 0 Å². The highest BCUT2D eigenvalue weighted by atomic mass is 35.5. The highest BCUT2D eigenvalue weighted by molar-refractivity contribution is 6.32. The molecular formula is C18H18ClF3N2O2. The first-order chi connectivity index (χ1) is 12.1. The van der Waals surface area contributed by atoms with Crippen molar-refractivity contribution in [2.45, 2.75) is 25.5 Å². The number of aliphatic hydroxyl groups is 1. The van der Waals surface area contributed by atoms with Crippen LogP contribution in [-0.4, -0.2) is 29.9 Å². The molecular weight excluding hydrogens is 369 g/mol. The first-order valence-corrected chi connectivity index (χ1v) is 8.31. The molecule has 1 aliphatic heterocycles. The van der Waals surface area contributed by atoms with Gasteiger partial charge in [-0.25, -0.2) is 4.39 Å². The molecule has 1 aliphatic rings. The first kappa shape index (κ1) is 18.7. The Morgan fingerprint density at radius 1 is 1.27 bits per heavy atom. The number of ether oxygens (including phenoxy) is 1. The van der Waals surface area contributed by atoms with Crippen LogP contribution in [0.1, 0.15) is 13.8 Å². The summed E-state index contributed by atoms with van der Waals surface area (Å²) in [7, 11) is 0. The number of anilines is 3. The molecule has 0 radical (unpaired) electrons. The van der Waals surface area contributed by atoms with E-state index in [-0.39, 0.29) is 16.2 Å². The predicted molar refractivity (Wildman–Crippen MR) is 95.2 cm³/mol. The Labute approximate surface area is 154 Å². The van der Waals surface area contributed by atoms with Crippen LogP contribution in [0.5, 0.6) is 5.75 Å². The number of benzene rings is 2. The molecule has 0 saturated heterocycles. The number of aliphatic hydroxyl groups excluding tert-OH is 1. The molecule has 0 aromatic heterocycles. The number of alkyl halides is 2. The van der Waals surface area contributed by atoms with Crippen LogP contribution in [-0.2, 0) is 0 Å². The van der Waals surface area contributed by atoms with E-state index in [0.29, 0.717) is 6.54 Å². The van der Waals surface area contributed by atoms with Crippen LogP contribution < -0.4 is 15.0 Å². The third kappa shape index (κ3) is 3.68. The Morgan fingerprint density at radius 2 is 1.96 bits per heavy atom. The van der Waals surface area contributed by atoms with Crippen molar-refractivity contribution in [1.82, 2.24) is 0 Å². The monoisotopic (exact) mass is 386 g/mol. The molecule has 2 aromatic rings. The number of nitrogens with one attached hydrogen (secondary N) is 1. The van der Waals surface area contributed by atoms with Crippen LogP contribution in [0.15, 0.2) is 36.4 Å². The van der Waals surface area contributed by atoms with Gasteiger partial charge in [-0.1, -0.05) is 23.7 Å². The number of hydrogen-bond acceptors (Lipinski definition) is 4. The van der Waals surface area contributed by atoms with Gasteiger partial charge in [0.1, 0.15) is 12.4 Å². The molecule has 140 valence electrons. The molecule has 2 aromatic carbocycles. The zero-order chi connectivity index (χ0) is 19.1. The van der Waals surface area contributed by atoms with Gasteiger partial charge >= 0.3 is 6.11 Å². The van der Waals surface area contributed by atoms with Crippen LogP contribution in [0.4, 0.5) is 30.2 Å². The van der Waals surface area contributed by atoms with Gasteiger partial charge in [0.25, 0.3) is 0 Å². The zero-order valence-electron chi connectivity index (χ0n) is 14.2. The normalized spacial score (nSPS) is 16.0. The summed E-state index contributed by atoms with van der Waals surface area (Å²) in [5, 5.41) is 11.8. The lowest BCUT2D eigenvalue weighted by molar-refractivity contribution is -0.200. The summed E-state index contributed by atoms with van der Waals surface area (Å²) < 4.78 is 45.5. The van der Waals surface area contributed by atoms with E-state index in [1.807, 2.05) is 38.1 Å². The van der Waals surface area contributed by atoms with E-state index in [4.69, 9.17) is 16.7 Å². The van der Waals surface area contributed by atoms with Gasteiger partial charge in [-0.2, -0.15) is 8.78 Å². The van der Waals surface area contributed by atoms with E-state index in [1.54, 1.807) is 4.90 Å². The number of hydrogen-bond donors (Lipinski definition) is 2. The smallest absolute Gasteiger partial charge is 0.421 e. The van der Waals surface area contributed by atoms with Crippen molar-refractivity contribution in [3.63, 3.8) is 0 Å². The Kier molecular flexibility index (Phi) is 4.71. The maximum Gasteiger partial charge on any atom is 0.421 e. The molecule has 3 rings (SSSR count). The van der Waals surface area contributed by atoms with Crippen molar-refractivity contribution in [1.29, 1.82) is 0 Å². The van der Waals surface area contributed by atoms with Crippen molar-refractivity contribution in [2.75, 3.05) is 23.4 Å². The molecule has 0 saturated carbocycles. The number of nitrogens with zero attached hydrogens (tertiary/aromatic N) is 1. The average Bonchev–Trinajstić information content (AvgIpc) is 2.56. The molecule has 0 unspecified atom stereocenters. The summed E-state index contributed by atoms with van der Waals surface area (Å²) in [5.41, 5.74) is 1.37. The van der Waals surface area contributed by atoms with Crippen LogP contribution in [0, 0.1) is 5.82 Å². The summed E-state index contributed by atoms with van der Waals surface area (Å²) in [5.74, 6) is -1.29. The molecule has 0 fully saturated rings. The van der Waals surface area contributed by atoms with Crippen LogP contribution in [0.3, 0.4) is 0 Å². The molecule has 0 aliphatic carbocycles. The van der Waals surface area contributed by atoms with Gasteiger partial charge in [-0.15, -0.1) is 0 Å². The number of halogens is 4. The van der Waals surface area contributed by atoms with Gasteiger partial charge in [0.05, 0.1) is 22.1 Å². The number of fused-ring (bicyclic) bond motifs is 1. The van der Waals surface area contributed by atoms with Crippen molar-refractivity contribution >= 4 is 28.7 Å². The largest absolute Gasteiger partial charge is 0.429 e. The van der Waals surface area contributed by atoms with E-state index >= 15 is 0 Å². The molecule has 26 heavy (non-hydrogen) atoms. The van der Waals surface area contributed by atoms with E-state index in [1.165, 1.54) is 6.07 Å². The van der Waals surface area contributed by atoms with E-state index in [2.05, 4.69) is 10.1 Å². The Morgan fingerprint density at radius 3 is 2.65 bits per heavy atom. The molecule has 1 heterocycles. The summed E-state index contributed by atoms with van der Waals surface area (Å²) >= 11 is 6.03. The Balaban J connectivity index is 2.03. The second kappa shape index (κ2) is 6.55. The Bertz CT molecular complexity index is 830. The molecule has 0 spiro atoms. The third-order valence-electron chi connectivity index (χ3n) is 3.96. The second-order valence-electron chi connectivity index (χ2n) is 6.74. The number of para-hydroxylation sites is 2. The van der Waals surface area contributed by atoms with Crippen LogP contribution in [0.2, 0.25) is 5.02 Å². The van der Waals surface area contributed by atoms with Gasteiger partial charge in [0.2, 0.25) is 0 Å². The van der Waals surface area contributed by atoms with E-state index in [0.717, 1.165) is 17.4 Å². The van der Waals surface area contributed by atoms with Gasteiger partial charge in [0, 0.05) is 18.2 Å². The van der Waals surface area contributed by atoms with Gasteiger partial charge in [-0.3, -0.25) is 0 Å². The summed E-state index contributed by atoms with van der Waals surface area (Å²) in [4.78, 5) is 1.74. The lowest BCUT2D eigenvalue weighted by Gasteiger charge is -2.42. The highest BCUT2D eigenvalue weighted by Crippen LogP contribution is 2.42. The maximum atomic E-state index is 14.7. The van der Waals surface area contributed by atoms with E-state index < -0.39 is 24.3 Å². The quantitative estimate of drug-likeness (QED) is 0.793. The molecule has 4 nitrogen and oxygen atoms in total. The minimum Gasteiger partial charge on any atom is -0.429 e. The molecule has 0 amide bonds. The van der Waals surface area contributed by atoms with Gasteiger partial charge in [-0.05, 0) is 32.0 Å². The van der Waals surface area contributed by atoms with Gasteiger partial charge in [0.15, 0.2) is 5.82 Å². The zero-order valence-corrected chi connectivity index (χ0v) is 14.9. The van der Waals surface area contributed by atoms with Crippen molar-refractivity contribution < 1.29 is 23.0 Å². The second-order valence-corrected chi connectivity index (χ2v) is 7.15. The SMILES string of the molecule is CC1(C)CN(c2cc(Cl)c(OC(F)(F)CO)cc2F)c2ccccc2N1. The fraction of sp³-hybridized carbons (Fsp3) is 0.333. The predicted octanol–water partition coefficient (Wildman–Crippen LogP) is 4.79. The van der Waals surface area contributed by atoms with Crippen molar-refractivity contribution in [3.8, 4) is 5.75 Å². The lowest BCUT2D eigenvalue weighted by Crippen LogP contribution is -2.46. The molecule has 2 N–H and O–H groups in total. The van der Waals surface area contributed by atoms with Crippen LogP contribution >= 0.6 is 11.6 Å². The molecule has 0 atom stereocenters. The summed E-state index contributed by atoms with van der Waals surface area (Å²) in [6, 6.07) is 9.45. The molecule has 0 bridgehead atoms. The van der Waals surface area contributed by atoms with E-state index in [9.17, 15) is 13.2 Å². The van der Waals surface area contributed by atoms with Crippen LogP contribution in [0.25, 0.3) is 0 Å². The fourth-order valence-corrected chi connectivity index (χ4v) is 3.11. The van der Waals surface area contributed by atoms with Crippen molar-refractivity contribution in [3.05, 3.63) is 47.2 Å². The minimum atomic E-state index is -3.85. The number of rotatable bonds is 4. The fourth-order valence-electron chi connectivity index (χ4n) is 2.91. The minimum absolute atomic E-state index is 0.150. The summed E-state index contributed by atoms with van der Waals surface area (Å²) in [6.45, 7) is 2.83. The topological polar surface area (TPSA) is 44.7 Å². The standard InChI is InChI=1S/C18H18ClF3N2O2/c1-17(2)9-24(14-6-4-3-5-13(14)23-17)15-7-11(19)16(8-12(15)20)26-18(21,22)10-25/h3-8,23,25H,9-10H2,1-2H3. The average molecular weight is 387 g/mol.